The van der Waals surface area contributed by atoms with Crippen LogP contribution in [0.15, 0.2) is 36.4 Å². The summed E-state index contributed by atoms with van der Waals surface area (Å²) in [6.45, 7) is 1.56. The zero-order valence-electron chi connectivity index (χ0n) is 15.1. The molecule has 3 rings (SSSR count). The molecule has 1 amide bonds. The zero-order chi connectivity index (χ0) is 19.4. The van der Waals surface area contributed by atoms with Gasteiger partial charge in [0.2, 0.25) is 5.91 Å². The summed E-state index contributed by atoms with van der Waals surface area (Å²) in [5.41, 5.74) is 8.50. The summed E-state index contributed by atoms with van der Waals surface area (Å²) >= 11 is 6.33. The number of nitrogens with one attached hydrogen (secondary N) is 3. The highest BCUT2D eigenvalue weighted by Crippen LogP contribution is 2.33. The van der Waals surface area contributed by atoms with Crippen molar-refractivity contribution in [1.82, 2.24) is 10.6 Å². The van der Waals surface area contributed by atoms with Gasteiger partial charge in [-0.3, -0.25) is 10.2 Å². The van der Waals surface area contributed by atoms with E-state index in [-0.39, 0.29) is 17.7 Å². The Morgan fingerprint density at radius 2 is 2.15 bits per heavy atom. The summed E-state index contributed by atoms with van der Waals surface area (Å²) in [6, 6.07) is 10.7. The number of halogens is 1. The monoisotopic (exact) mass is 386 g/mol. The van der Waals surface area contributed by atoms with E-state index in [1.807, 2.05) is 12.1 Å². The number of nitrogens with two attached hydrogens (primary N) is 1. The normalized spacial score (nSPS) is 16.6. The minimum absolute atomic E-state index is 0.0102. The molecule has 142 valence electrons. The highest BCUT2D eigenvalue weighted by atomic mass is 35.5. The van der Waals surface area contributed by atoms with Crippen LogP contribution in [-0.4, -0.2) is 31.9 Å². The highest BCUT2D eigenvalue weighted by Gasteiger charge is 2.22. The molecular weight excluding hydrogens is 364 g/mol. The summed E-state index contributed by atoms with van der Waals surface area (Å²) in [6.07, 6.45) is 1.78. The second-order valence-corrected chi connectivity index (χ2v) is 6.96. The van der Waals surface area contributed by atoms with E-state index in [2.05, 4.69) is 10.6 Å². The van der Waals surface area contributed by atoms with E-state index in [1.54, 1.807) is 31.4 Å². The van der Waals surface area contributed by atoms with Crippen molar-refractivity contribution >= 4 is 29.0 Å². The first-order valence-corrected chi connectivity index (χ1v) is 9.21. The number of nitrogen functional groups attached to an aromatic ring is 1. The third kappa shape index (κ3) is 4.40. The van der Waals surface area contributed by atoms with Crippen molar-refractivity contribution in [3.63, 3.8) is 0 Å². The van der Waals surface area contributed by atoms with Gasteiger partial charge in [-0.1, -0.05) is 17.7 Å². The highest BCUT2D eigenvalue weighted by molar-refractivity contribution is 6.33. The molecule has 0 saturated carbocycles. The van der Waals surface area contributed by atoms with Gasteiger partial charge < -0.3 is 21.1 Å². The SMILES string of the molecule is COc1ccc(Cl)c(-c2ccc(N)c(C(=N)NC(=O)C3CCCNC3)c2)c1. The topological polar surface area (TPSA) is 100 Å². The Bertz CT molecular complexity index is 863. The Balaban J connectivity index is 1.85. The molecule has 1 fully saturated rings. The van der Waals surface area contributed by atoms with E-state index < -0.39 is 0 Å². The molecule has 7 heteroatoms. The molecule has 1 unspecified atom stereocenters. The molecule has 0 spiro atoms. The van der Waals surface area contributed by atoms with E-state index >= 15 is 0 Å². The maximum absolute atomic E-state index is 12.4. The fourth-order valence-electron chi connectivity index (χ4n) is 3.16. The van der Waals surface area contributed by atoms with E-state index in [0.717, 1.165) is 30.5 Å². The molecule has 27 heavy (non-hydrogen) atoms. The van der Waals surface area contributed by atoms with Crippen molar-refractivity contribution in [2.45, 2.75) is 12.8 Å². The first kappa shape index (κ1) is 19.2. The van der Waals surface area contributed by atoms with Gasteiger partial charge in [-0.15, -0.1) is 0 Å². The lowest BCUT2D eigenvalue weighted by molar-refractivity contribution is -0.124. The molecule has 1 atom stereocenters. The number of ether oxygens (including phenoxy) is 1. The smallest absolute Gasteiger partial charge is 0.229 e. The lowest BCUT2D eigenvalue weighted by Crippen LogP contribution is -2.42. The third-order valence-corrected chi connectivity index (χ3v) is 5.05. The molecule has 1 aliphatic heterocycles. The molecule has 1 heterocycles. The lowest BCUT2D eigenvalue weighted by Gasteiger charge is -2.22. The van der Waals surface area contributed by atoms with E-state index in [9.17, 15) is 4.79 Å². The van der Waals surface area contributed by atoms with Crippen LogP contribution >= 0.6 is 11.6 Å². The van der Waals surface area contributed by atoms with Crippen LogP contribution in [0.2, 0.25) is 5.02 Å². The van der Waals surface area contributed by atoms with Gasteiger partial charge in [-0.2, -0.15) is 0 Å². The summed E-state index contributed by atoms with van der Waals surface area (Å²) < 4.78 is 5.26. The minimum Gasteiger partial charge on any atom is -0.497 e. The van der Waals surface area contributed by atoms with Crippen LogP contribution in [0.1, 0.15) is 18.4 Å². The van der Waals surface area contributed by atoms with Crippen LogP contribution in [-0.2, 0) is 4.79 Å². The molecule has 1 aliphatic rings. The zero-order valence-corrected chi connectivity index (χ0v) is 15.9. The average molecular weight is 387 g/mol. The second kappa shape index (κ2) is 8.41. The predicted octanol–water partition coefficient (Wildman–Crippen LogP) is 3.04. The van der Waals surface area contributed by atoms with Crippen molar-refractivity contribution < 1.29 is 9.53 Å². The summed E-state index contributed by atoms with van der Waals surface area (Å²) in [5.74, 6) is 0.387. The van der Waals surface area contributed by atoms with Gasteiger partial charge in [-0.05, 0) is 55.3 Å². The number of hydrogen-bond donors (Lipinski definition) is 4. The first-order valence-electron chi connectivity index (χ1n) is 8.83. The van der Waals surface area contributed by atoms with Crippen LogP contribution in [0.3, 0.4) is 0 Å². The number of methoxy groups -OCH3 is 1. The number of rotatable bonds is 4. The minimum atomic E-state index is -0.156. The van der Waals surface area contributed by atoms with Gasteiger partial charge in [0.05, 0.1) is 13.0 Å². The van der Waals surface area contributed by atoms with Gasteiger partial charge >= 0.3 is 0 Å². The Hall–Kier alpha value is -2.57. The molecule has 6 nitrogen and oxygen atoms in total. The fourth-order valence-corrected chi connectivity index (χ4v) is 3.39. The van der Waals surface area contributed by atoms with Crippen molar-refractivity contribution in [2.24, 2.45) is 5.92 Å². The maximum Gasteiger partial charge on any atom is 0.229 e. The standard InChI is InChI=1S/C20H23ClN4O2/c1-27-14-5-6-17(21)15(10-14)12-4-7-18(22)16(9-12)19(23)25-20(26)13-3-2-8-24-11-13/h4-7,9-10,13,24H,2-3,8,11,22H2,1H3,(H2,23,25,26). The number of amidine groups is 1. The molecular formula is C20H23ClN4O2. The molecule has 1 saturated heterocycles. The Morgan fingerprint density at radius 3 is 2.85 bits per heavy atom. The summed E-state index contributed by atoms with van der Waals surface area (Å²) in [5, 5.41) is 14.8. The van der Waals surface area contributed by atoms with Crippen LogP contribution in [0.4, 0.5) is 5.69 Å². The van der Waals surface area contributed by atoms with Crippen LogP contribution < -0.4 is 21.1 Å². The van der Waals surface area contributed by atoms with Gasteiger partial charge in [0.15, 0.2) is 0 Å². The molecule has 2 aromatic carbocycles. The summed E-state index contributed by atoms with van der Waals surface area (Å²) in [7, 11) is 1.59. The van der Waals surface area contributed by atoms with Crippen LogP contribution in [0.5, 0.6) is 5.75 Å². The van der Waals surface area contributed by atoms with Crippen molar-refractivity contribution in [3.8, 4) is 16.9 Å². The number of benzene rings is 2. The quantitative estimate of drug-likeness (QED) is 0.368. The number of piperidine rings is 1. The summed E-state index contributed by atoms with van der Waals surface area (Å²) in [4.78, 5) is 12.4. The lowest BCUT2D eigenvalue weighted by atomic mass is 9.98. The predicted molar refractivity (Wildman–Crippen MR) is 108 cm³/mol. The number of hydrogen-bond acceptors (Lipinski definition) is 5. The largest absolute Gasteiger partial charge is 0.497 e. The first-order chi connectivity index (χ1) is 13.0. The molecule has 0 aliphatic carbocycles. The average Bonchev–Trinajstić information content (AvgIpc) is 2.69. The Labute approximate surface area is 163 Å². The Morgan fingerprint density at radius 1 is 1.33 bits per heavy atom. The van der Waals surface area contributed by atoms with E-state index in [4.69, 9.17) is 27.5 Å². The molecule has 0 aromatic heterocycles. The number of anilines is 1. The van der Waals surface area contributed by atoms with Gasteiger partial charge in [0.25, 0.3) is 0 Å². The van der Waals surface area contributed by atoms with Crippen molar-refractivity contribution in [2.75, 3.05) is 25.9 Å². The van der Waals surface area contributed by atoms with E-state index in [0.29, 0.717) is 28.6 Å². The maximum atomic E-state index is 12.4. The van der Waals surface area contributed by atoms with Crippen LogP contribution in [0, 0.1) is 11.3 Å². The molecule has 0 bridgehead atoms. The van der Waals surface area contributed by atoms with Gasteiger partial charge in [-0.25, -0.2) is 0 Å². The van der Waals surface area contributed by atoms with Crippen molar-refractivity contribution in [1.29, 1.82) is 5.41 Å². The van der Waals surface area contributed by atoms with E-state index in [1.165, 1.54) is 0 Å². The molecule has 0 radical (unpaired) electrons. The molecule has 2 aromatic rings. The second-order valence-electron chi connectivity index (χ2n) is 6.56. The van der Waals surface area contributed by atoms with Gasteiger partial charge in [0, 0.05) is 28.4 Å². The fraction of sp³-hybridized carbons (Fsp3) is 0.300. The third-order valence-electron chi connectivity index (χ3n) is 4.72. The molecule has 5 N–H and O–H groups in total. The number of carbonyl (C=O) groups excluding carboxylic acids is 1. The van der Waals surface area contributed by atoms with Gasteiger partial charge in [0.1, 0.15) is 11.6 Å². The Kier molecular flexibility index (Phi) is 5.98. The number of carbonyl (C=O) groups is 1. The van der Waals surface area contributed by atoms with Crippen molar-refractivity contribution in [3.05, 3.63) is 47.0 Å². The number of amides is 1. The van der Waals surface area contributed by atoms with Crippen LogP contribution in [0.25, 0.3) is 11.1 Å².